The van der Waals surface area contributed by atoms with Gasteiger partial charge in [-0.2, -0.15) is 0 Å². The van der Waals surface area contributed by atoms with Crippen molar-refractivity contribution < 1.29 is 0 Å². The van der Waals surface area contributed by atoms with Crippen molar-refractivity contribution in [2.24, 2.45) is 22.6 Å². The maximum absolute atomic E-state index is 7.08. The molecule has 0 radical (unpaired) electrons. The molecule has 282 valence electrons. The zero-order chi connectivity index (χ0) is 39.3. The SMILES string of the molecule is CC1C=CC=CC1C1(c2ccc3c4ccccc4n(C/N=C(\NC(C)(N)c4ccccc4)c4ccc(-c5ccccc5)cc4)c3c2)c2ccccc2-c2ccccc21. The van der Waals surface area contributed by atoms with Crippen molar-refractivity contribution in [3.05, 3.63) is 228 Å². The van der Waals surface area contributed by atoms with E-state index in [4.69, 9.17) is 10.7 Å². The fraction of sp³-hybridized carbons (Fsp3) is 0.130. The fourth-order valence-electron chi connectivity index (χ4n) is 9.73. The molecule has 0 fully saturated rings. The van der Waals surface area contributed by atoms with Gasteiger partial charge in [-0.3, -0.25) is 0 Å². The molecule has 2 aliphatic rings. The number of nitrogens with two attached hydrogens (primary N) is 1. The maximum Gasteiger partial charge on any atom is 0.131 e. The van der Waals surface area contributed by atoms with E-state index in [1.54, 1.807) is 0 Å². The molecular weight excluding hydrogens is 705 g/mol. The van der Waals surface area contributed by atoms with Gasteiger partial charge in [0.15, 0.2) is 0 Å². The average molecular weight is 751 g/mol. The van der Waals surface area contributed by atoms with Crippen LogP contribution in [-0.4, -0.2) is 10.4 Å². The minimum Gasteiger partial charge on any atom is -0.348 e. The molecule has 4 nitrogen and oxygen atoms in total. The topological polar surface area (TPSA) is 55.3 Å². The Balaban J connectivity index is 1.15. The first-order chi connectivity index (χ1) is 28.4. The molecule has 8 aromatic rings. The van der Waals surface area contributed by atoms with Crippen LogP contribution in [0.1, 0.15) is 41.7 Å². The number of amidine groups is 1. The molecule has 1 aromatic heterocycles. The number of aliphatic imine (C=N–C) groups is 1. The second-order valence-electron chi connectivity index (χ2n) is 16.0. The van der Waals surface area contributed by atoms with Gasteiger partial charge < -0.3 is 15.6 Å². The monoisotopic (exact) mass is 750 g/mol. The van der Waals surface area contributed by atoms with Crippen LogP contribution in [0.4, 0.5) is 0 Å². The van der Waals surface area contributed by atoms with Gasteiger partial charge in [0.2, 0.25) is 0 Å². The molecule has 3 N–H and O–H groups in total. The standard InChI is InChI=1S/C54H46N4/c1-37-17-9-13-25-47(37)54(48-26-14-10-22-43(48)44-23-11-15-27-49(44)54)42-33-34-46-45-24-12-16-28-50(45)58(51(46)35-42)36-56-52(57-53(2,55)41-20-7-4-8-21-41)40-31-29-39(30-32-40)38-18-5-3-6-19-38/h3-35,37,47H,36,55H2,1-2H3,(H,56,57). The zero-order valence-corrected chi connectivity index (χ0v) is 32.9. The molecule has 0 saturated carbocycles. The van der Waals surface area contributed by atoms with Gasteiger partial charge in [0.1, 0.15) is 18.2 Å². The van der Waals surface area contributed by atoms with E-state index in [9.17, 15) is 0 Å². The van der Waals surface area contributed by atoms with Gasteiger partial charge in [0.05, 0.1) is 16.4 Å². The first kappa shape index (κ1) is 35.6. The molecule has 0 amide bonds. The van der Waals surface area contributed by atoms with Crippen LogP contribution >= 0.6 is 0 Å². The first-order valence-corrected chi connectivity index (χ1v) is 20.3. The van der Waals surface area contributed by atoms with Crippen LogP contribution in [0, 0.1) is 11.8 Å². The fourth-order valence-corrected chi connectivity index (χ4v) is 9.73. The Kier molecular flexibility index (Phi) is 8.80. The number of benzene rings is 7. The Morgan fingerprint density at radius 3 is 1.93 bits per heavy atom. The minimum absolute atomic E-state index is 0.213. The molecule has 7 aromatic carbocycles. The highest BCUT2D eigenvalue weighted by atomic mass is 15.2. The molecule has 3 unspecified atom stereocenters. The van der Waals surface area contributed by atoms with E-state index in [2.05, 4.69) is 193 Å². The number of allylic oxidation sites excluding steroid dienone is 4. The number of rotatable bonds is 8. The van der Waals surface area contributed by atoms with E-state index >= 15 is 0 Å². The predicted octanol–water partition coefficient (Wildman–Crippen LogP) is 12.0. The summed E-state index contributed by atoms with van der Waals surface area (Å²) in [5.74, 6) is 1.27. The van der Waals surface area contributed by atoms with E-state index in [0.717, 1.165) is 33.6 Å². The third-order valence-corrected chi connectivity index (χ3v) is 12.5. The van der Waals surface area contributed by atoms with E-state index in [0.29, 0.717) is 12.6 Å². The van der Waals surface area contributed by atoms with Gasteiger partial charge >= 0.3 is 0 Å². The molecule has 58 heavy (non-hydrogen) atoms. The lowest BCUT2D eigenvalue weighted by Crippen LogP contribution is -2.51. The highest BCUT2D eigenvalue weighted by molar-refractivity contribution is 6.08. The van der Waals surface area contributed by atoms with Crippen LogP contribution in [0.3, 0.4) is 0 Å². The normalized spacial score (nSPS) is 17.9. The van der Waals surface area contributed by atoms with E-state index in [1.807, 2.05) is 31.2 Å². The minimum atomic E-state index is -0.875. The first-order valence-electron chi connectivity index (χ1n) is 20.3. The highest BCUT2D eigenvalue weighted by Crippen LogP contribution is 2.59. The smallest absolute Gasteiger partial charge is 0.131 e. The van der Waals surface area contributed by atoms with Gasteiger partial charge in [-0.05, 0) is 69.5 Å². The van der Waals surface area contributed by atoms with Crippen molar-refractivity contribution in [3.63, 3.8) is 0 Å². The maximum atomic E-state index is 7.08. The van der Waals surface area contributed by atoms with Gasteiger partial charge in [-0.25, -0.2) is 4.99 Å². The largest absolute Gasteiger partial charge is 0.348 e. The van der Waals surface area contributed by atoms with E-state index in [-0.39, 0.29) is 5.92 Å². The summed E-state index contributed by atoms with van der Waals surface area (Å²) in [7, 11) is 0. The number of fused-ring (bicyclic) bond motifs is 6. The van der Waals surface area contributed by atoms with Crippen LogP contribution in [0.2, 0.25) is 0 Å². The molecule has 2 aliphatic carbocycles. The van der Waals surface area contributed by atoms with Gasteiger partial charge in [-0.1, -0.05) is 195 Å². The van der Waals surface area contributed by atoms with Gasteiger partial charge in [-0.15, -0.1) is 0 Å². The predicted molar refractivity (Wildman–Crippen MR) is 242 cm³/mol. The van der Waals surface area contributed by atoms with Crippen molar-refractivity contribution in [2.45, 2.75) is 31.6 Å². The number of hydrogen-bond donors (Lipinski definition) is 2. The van der Waals surface area contributed by atoms with Crippen molar-refractivity contribution >= 4 is 27.6 Å². The summed E-state index contributed by atoms with van der Waals surface area (Å²) in [4.78, 5) is 5.44. The second kappa shape index (κ2) is 14.3. The number of nitrogens with one attached hydrogen (secondary N) is 1. The van der Waals surface area contributed by atoms with Crippen molar-refractivity contribution in [1.82, 2.24) is 9.88 Å². The number of aromatic nitrogens is 1. The Bertz CT molecular complexity index is 2830. The molecule has 1 heterocycles. The highest BCUT2D eigenvalue weighted by Gasteiger charge is 2.50. The third kappa shape index (κ3) is 5.83. The van der Waals surface area contributed by atoms with Crippen LogP contribution in [-0.2, 0) is 17.7 Å². The third-order valence-electron chi connectivity index (χ3n) is 12.5. The lowest BCUT2D eigenvalue weighted by Gasteiger charge is -2.42. The Labute approximate surface area is 340 Å². The summed E-state index contributed by atoms with van der Waals surface area (Å²) in [6, 6.07) is 63.3. The van der Waals surface area contributed by atoms with Gasteiger partial charge in [0.25, 0.3) is 0 Å². The number of para-hydroxylation sites is 1. The molecule has 0 saturated heterocycles. The second-order valence-corrected chi connectivity index (χ2v) is 16.0. The van der Waals surface area contributed by atoms with E-state index < -0.39 is 11.1 Å². The molecule has 4 heteroatoms. The molecular formula is C54H46N4. The summed E-state index contributed by atoms with van der Waals surface area (Å²) in [6.07, 6.45) is 9.24. The van der Waals surface area contributed by atoms with Crippen molar-refractivity contribution in [2.75, 3.05) is 0 Å². The quantitative estimate of drug-likeness (QED) is 0.0923. The van der Waals surface area contributed by atoms with Crippen LogP contribution < -0.4 is 11.1 Å². The summed E-state index contributed by atoms with van der Waals surface area (Å²) >= 11 is 0. The average Bonchev–Trinajstić information content (AvgIpc) is 3.76. The number of hydrogen-bond acceptors (Lipinski definition) is 2. The van der Waals surface area contributed by atoms with Crippen LogP contribution in [0.15, 0.2) is 205 Å². The Morgan fingerprint density at radius 1 is 0.638 bits per heavy atom. The summed E-state index contributed by atoms with van der Waals surface area (Å²) < 4.78 is 2.38. The summed E-state index contributed by atoms with van der Waals surface area (Å²) in [5.41, 5.74) is 19.0. The molecule has 0 spiro atoms. The molecule has 3 atom stereocenters. The summed E-state index contributed by atoms with van der Waals surface area (Å²) in [6.45, 7) is 4.76. The van der Waals surface area contributed by atoms with Crippen LogP contribution in [0.5, 0.6) is 0 Å². The molecule has 10 rings (SSSR count). The van der Waals surface area contributed by atoms with Crippen molar-refractivity contribution in [1.29, 1.82) is 0 Å². The van der Waals surface area contributed by atoms with Crippen LogP contribution in [0.25, 0.3) is 44.1 Å². The molecule has 0 aliphatic heterocycles. The Hall–Kier alpha value is -6.75. The summed E-state index contributed by atoms with van der Waals surface area (Å²) in [5, 5.41) is 6.10. The lowest BCUT2D eigenvalue weighted by molar-refractivity contribution is 0.374. The van der Waals surface area contributed by atoms with Gasteiger partial charge in [0, 0.05) is 22.3 Å². The van der Waals surface area contributed by atoms with Crippen molar-refractivity contribution in [3.8, 4) is 22.3 Å². The van der Waals surface area contributed by atoms with E-state index in [1.165, 1.54) is 44.2 Å². The Morgan fingerprint density at radius 2 is 1.22 bits per heavy atom. The lowest BCUT2D eigenvalue weighted by atomic mass is 9.60. The number of nitrogens with zero attached hydrogens (tertiary/aromatic N) is 2. The zero-order valence-electron chi connectivity index (χ0n) is 32.9. The molecule has 0 bridgehead atoms.